The number of carbonyl (C=O) groups excluding carboxylic acids is 1. The lowest BCUT2D eigenvalue weighted by molar-refractivity contribution is -0.121. The zero-order valence-electron chi connectivity index (χ0n) is 15.1. The minimum absolute atomic E-state index is 0.0513. The highest BCUT2D eigenvalue weighted by molar-refractivity contribution is 5.75. The van der Waals surface area contributed by atoms with Crippen LogP contribution in [0.5, 0.6) is 17.2 Å². The molecule has 1 heterocycles. The third kappa shape index (κ3) is 5.41. The number of hydrogen-bond donors (Lipinski definition) is 1. The molecule has 26 heavy (non-hydrogen) atoms. The van der Waals surface area contributed by atoms with Gasteiger partial charge in [0.25, 0.3) is 0 Å². The number of hydrogen-bond acceptors (Lipinski definition) is 4. The quantitative estimate of drug-likeness (QED) is 0.739. The number of nitrogens with one attached hydrogen (secondary N) is 1. The predicted octanol–water partition coefficient (Wildman–Crippen LogP) is 3.28. The summed E-state index contributed by atoms with van der Waals surface area (Å²) >= 11 is 0. The van der Waals surface area contributed by atoms with Crippen molar-refractivity contribution in [3.05, 3.63) is 53.6 Å². The van der Waals surface area contributed by atoms with Crippen LogP contribution in [-0.4, -0.2) is 32.3 Å². The standard InChI is InChI=1S/C21H25NO4/c1-16-4-2-6-18(14-16)24-11-10-22-21(23)7-3-5-17-8-9-19-20(15-17)26-13-12-25-19/h2,4,6,8-9,14-15H,3,5,7,10-13H2,1H3,(H,22,23). The summed E-state index contributed by atoms with van der Waals surface area (Å²) in [5, 5.41) is 2.90. The number of aryl methyl sites for hydroxylation is 2. The molecule has 138 valence electrons. The highest BCUT2D eigenvalue weighted by Gasteiger charge is 2.11. The number of rotatable bonds is 8. The Morgan fingerprint density at radius 3 is 2.81 bits per heavy atom. The van der Waals surface area contributed by atoms with Crippen molar-refractivity contribution in [1.82, 2.24) is 5.32 Å². The molecular weight excluding hydrogens is 330 g/mol. The SMILES string of the molecule is Cc1cccc(OCCNC(=O)CCCc2ccc3c(c2)OCCO3)c1. The highest BCUT2D eigenvalue weighted by Crippen LogP contribution is 2.31. The van der Waals surface area contributed by atoms with Crippen molar-refractivity contribution in [2.75, 3.05) is 26.4 Å². The van der Waals surface area contributed by atoms with Crippen molar-refractivity contribution >= 4 is 5.91 Å². The molecule has 0 saturated heterocycles. The number of benzene rings is 2. The Bertz CT molecular complexity index is 745. The molecule has 1 aliphatic rings. The predicted molar refractivity (Wildman–Crippen MR) is 100 cm³/mol. The molecular formula is C21H25NO4. The summed E-state index contributed by atoms with van der Waals surface area (Å²) in [6.45, 7) is 4.19. The molecule has 1 aliphatic heterocycles. The van der Waals surface area contributed by atoms with Gasteiger partial charge in [-0.1, -0.05) is 18.2 Å². The number of fused-ring (bicyclic) bond motifs is 1. The first-order valence-electron chi connectivity index (χ1n) is 9.05. The van der Waals surface area contributed by atoms with E-state index in [0.717, 1.165) is 41.2 Å². The van der Waals surface area contributed by atoms with Crippen LogP contribution in [0.2, 0.25) is 0 Å². The molecule has 0 radical (unpaired) electrons. The zero-order valence-corrected chi connectivity index (χ0v) is 15.1. The van der Waals surface area contributed by atoms with Gasteiger partial charge in [-0.15, -0.1) is 0 Å². The van der Waals surface area contributed by atoms with Crippen molar-refractivity contribution in [3.63, 3.8) is 0 Å². The van der Waals surface area contributed by atoms with E-state index in [1.54, 1.807) is 0 Å². The van der Waals surface area contributed by atoms with Gasteiger partial charge in [-0.25, -0.2) is 0 Å². The summed E-state index contributed by atoms with van der Waals surface area (Å²) in [6, 6.07) is 13.9. The number of amides is 1. The van der Waals surface area contributed by atoms with Crippen LogP contribution in [-0.2, 0) is 11.2 Å². The third-order valence-electron chi connectivity index (χ3n) is 4.16. The lowest BCUT2D eigenvalue weighted by Crippen LogP contribution is -2.27. The smallest absolute Gasteiger partial charge is 0.220 e. The topological polar surface area (TPSA) is 56.8 Å². The molecule has 1 N–H and O–H groups in total. The van der Waals surface area contributed by atoms with Crippen LogP contribution in [0, 0.1) is 6.92 Å². The van der Waals surface area contributed by atoms with Crippen LogP contribution in [0.15, 0.2) is 42.5 Å². The van der Waals surface area contributed by atoms with Crippen molar-refractivity contribution in [1.29, 1.82) is 0 Å². The van der Waals surface area contributed by atoms with Crippen LogP contribution < -0.4 is 19.5 Å². The molecule has 0 spiro atoms. The second-order valence-electron chi connectivity index (χ2n) is 6.35. The molecule has 0 unspecified atom stereocenters. The highest BCUT2D eigenvalue weighted by atomic mass is 16.6. The van der Waals surface area contributed by atoms with Gasteiger partial charge >= 0.3 is 0 Å². The molecule has 5 heteroatoms. The molecule has 0 atom stereocenters. The Hall–Kier alpha value is -2.69. The van der Waals surface area contributed by atoms with Crippen LogP contribution in [0.25, 0.3) is 0 Å². The minimum Gasteiger partial charge on any atom is -0.492 e. The summed E-state index contributed by atoms with van der Waals surface area (Å²) in [5.74, 6) is 2.48. The van der Waals surface area contributed by atoms with Crippen molar-refractivity contribution in [3.8, 4) is 17.2 Å². The molecule has 0 aliphatic carbocycles. The maximum Gasteiger partial charge on any atom is 0.220 e. The van der Waals surface area contributed by atoms with Crippen LogP contribution in [0.3, 0.4) is 0 Å². The molecule has 0 aromatic heterocycles. The van der Waals surface area contributed by atoms with Gasteiger partial charge in [0.1, 0.15) is 25.6 Å². The fourth-order valence-electron chi connectivity index (χ4n) is 2.85. The zero-order chi connectivity index (χ0) is 18.2. The fraction of sp³-hybridized carbons (Fsp3) is 0.381. The van der Waals surface area contributed by atoms with Crippen LogP contribution >= 0.6 is 0 Å². The maximum atomic E-state index is 11.9. The Morgan fingerprint density at radius 2 is 1.96 bits per heavy atom. The van der Waals surface area contributed by atoms with Gasteiger partial charge in [0.15, 0.2) is 11.5 Å². The van der Waals surface area contributed by atoms with Gasteiger partial charge in [0.2, 0.25) is 5.91 Å². The van der Waals surface area contributed by atoms with Gasteiger partial charge in [-0.05, 0) is 55.2 Å². The molecule has 2 aromatic rings. The molecule has 1 amide bonds. The Labute approximate surface area is 154 Å². The normalized spacial score (nSPS) is 12.5. The van der Waals surface area contributed by atoms with E-state index in [-0.39, 0.29) is 5.91 Å². The van der Waals surface area contributed by atoms with Gasteiger partial charge in [-0.3, -0.25) is 4.79 Å². The van der Waals surface area contributed by atoms with Gasteiger partial charge in [0.05, 0.1) is 6.54 Å². The first-order chi connectivity index (χ1) is 12.7. The minimum atomic E-state index is 0.0513. The number of carbonyl (C=O) groups is 1. The first kappa shape index (κ1) is 18.1. The van der Waals surface area contributed by atoms with Crippen LogP contribution in [0.4, 0.5) is 0 Å². The van der Waals surface area contributed by atoms with E-state index >= 15 is 0 Å². The van der Waals surface area contributed by atoms with E-state index < -0.39 is 0 Å². The second-order valence-corrected chi connectivity index (χ2v) is 6.35. The van der Waals surface area contributed by atoms with E-state index in [4.69, 9.17) is 14.2 Å². The first-order valence-corrected chi connectivity index (χ1v) is 9.05. The number of ether oxygens (including phenoxy) is 3. The lowest BCUT2D eigenvalue weighted by atomic mass is 10.1. The van der Waals surface area contributed by atoms with Crippen molar-refractivity contribution in [2.24, 2.45) is 0 Å². The van der Waals surface area contributed by atoms with Gasteiger partial charge in [-0.2, -0.15) is 0 Å². The van der Waals surface area contributed by atoms with E-state index in [1.165, 1.54) is 0 Å². The Balaban J connectivity index is 1.32. The van der Waals surface area contributed by atoms with E-state index in [9.17, 15) is 4.79 Å². The molecule has 0 fully saturated rings. The molecule has 0 saturated carbocycles. The van der Waals surface area contributed by atoms with Gasteiger partial charge < -0.3 is 19.5 Å². The average Bonchev–Trinajstić information content (AvgIpc) is 2.65. The summed E-state index contributed by atoms with van der Waals surface area (Å²) in [6.07, 6.45) is 2.13. The maximum absolute atomic E-state index is 11.9. The average molecular weight is 355 g/mol. The monoisotopic (exact) mass is 355 g/mol. The summed E-state index contributed by atoms with van der Waals surface area (Å²) in [4.78, 5) is 11.9. The van der Waals surface area contributed by atoms with E-state index in [0.29, 0.717) is 32.8 Å². The summed E-state index contributed by atoms with van der Waals surface area (Å²) in [5.41, 5.74) is 2.32. The lowest BCUT2D eigenvalue weighted by Gasteiger charge is -2.18. The Kier molecular flexibility index (Phi) is 6.36. The summed E-state index contributed by atoms with van der Waals surface area (Å²) < 4.78 is 16.7. The molecule has 5 nitrogen and oxygen atoms in total. The van der Waals surface area contributed by atoms with E-state index in [2.05, 4.69) is 5.32 Å². The van der Waals surface area contributed by atoms with Crippen LogP contribution in [0.1, 0.15) is 24.0 Å². The molecule has 3 rings (SSSR count). The third-order valence-corrected chi connectivity index (χ3v) is 4.16. The molecule has 0 bridgehead atoms. The van der Waals surface area contributed by atoms with E-state index in [1.807, 2.05) is 49.4 Å². The molecule has 2 aromatic carbocycles. The fourth-order valence-corrected chi connectivity index (χ4v) is 2.85. The largest absolute Gasteiger partial charge is 0.492 e. The van der Waals surface area contributed by atoms with Crippen molar-refractivity contribution < 1.29 is 19.0 Å². The Morgan fingerprint density at radius 1 is 1.12 bits per heavy atom. The van der Waals surface area contributed by atoms with Gasteiger partial charge in [0, 0.05) is 6.42 Å². The second kappa shape index (κ2) is 9.13. The van der Waals surface area contributed by atoms with Crippen molar-refractivity contribution in [2.45, 2.75) is 26.2 Å². The summed E-state index contributed by atoms with van der Waals surface area (Å²) in [7, 11) is 0.